The number of nitrogens with zero attached hydrogens (tertiary/aromatic N) is 2. The minimum Gasteiger partial charge on any atom is -0.298 e. The van der Waals surface area contributed by atoms with Crippen LogP contribution in [0.5, 0.6) is 0 Å². The molecule has 2 aromatic rings. The maximum absolute atomic E-state index is 13.5. The van der Waals surface area contributed by atoms with E-state index in [9.17, 15) is 19.3 Å². The second kappa shape index (κ2) is 4.70. The van der Waals surface area contributed by atoms with Crippen LogP contribution in [0.15, 0.2) is 36.7 Å². The predicted molar refractivity (Wildman–Crippen MR) is 61.7 cm³/mol. The molecule has 0 saturated heterocycles. The second-order valence-electron chi connectivity index (χ2n) is 3.51. The number of hydrogen-bond acceptors (Lipinski definition) is 4. The smallest absolute Gasteiger partial charge is 0.278 e. The maximum Gasteiger partial charge on any atom is 0.278 e. The van der Waals surface area contributed by atoms with Crippen molar-refractivity contribution in [3.05, 3.63) is 58.2 Å². The van der Waals surface area contributed by atoms with Crippen LogP contribution < -0.4 is 0 Å². The number of aldehydes is 1. The Balaban J connectivity index is 2.68. The lowest BCUT2D eigenvalue weighted by Crippen LogP contribution is -1.95. The van der Waals surface area contributed by atoms with E-state index < -0.39 is 10.7 Å². The Hall–Kier alpha value is -2.63. The summed E-state index contributed by atoms with van der Waals surface area (Å²) in [6, 6.07) is 5.20. The molecule has 1 aromatic carbocycles. The Morgan fingerprint density at radius 2 is 2.06 bits per heavy atom. The molecule has 18 heavy (non-hydrogen) atoms. The van der Waals surface area contributed by atoms with Gasteiger partial charge in [-0.25, -0.2) is 4.39 Å². The minimum atomic E-state index is -0.653. The number of benzene rings is 1. The number of nitro benzene ring substituents is 1. The second-order valence-corrected chi connectivity index (χ2v) is 3.51. The Bertz CT molecular complexity index is 628. The van der Waals surface area contributed by atoms with Crippen LogP contribution in [-0.2, 0) is 0 Å². The lowest BCUT2D eigenvalue weighted by atomic mass is 10.0. The predicted octanol–water partition coefficient (Wildman–Crippen LogP) is 2.61. The average molecular weight is 246 g/mol. The SMILES string of the molecule is O=Cc1ccc(-c2ccncc2F)c([N+](=O)[O-])c1. The highest BCUT2D eigenvalue weighted by molar-refractivity contribution is 5.82. The molecule has 0 aliphatic heterocycles. The Kier molecular flexibility index (Phi) is 3.09. The lowest BCUT2D eigenvalue weighted by Gasteiger charge is -2.04. The highest BCUT2D eigenvalue weighted by Crippen LogP contribution is 2.31. The first-order valence-electron chi connectivity index (χ1n) is 4.97. The summed E-state index contributed by atoms with van der Waals surface area (Å²) in [5.74, 6) is -0.653. The molecule has 0 saturated carbocycles. The summed E-state index contributed by atoms with van der Waals surface area (Å²) in [5.41, 5.74) is 0.0456. The van der Waals surface area contributed by atoms with Crippen LogP contribution in [0.25, 0.3) is 11.1 Å². The van der Waals surface area contributed by atoms with Crippen molar-refractivity contribution in [2.24, 2.45) is 0 Å². The van der Waals surface area contributed by atoms with E-state index in [1.807, 2.05) is 0 Å². The van der Waals surface area contributed by atoms with E-state index in [-0.39, 0.29) is 22.4 Å². The van der Waals surface area contributed by atoms with E-state index in [0.29, 0.717) is 6.29 Å². The molecule has 90 valence electrons. The molecule has 2 rings (SSSR count). The van der Waals surface area contributed by atoms with Crippen molar-refractivity contribution in [1.29, 1.82) is 0 Å². The summed E-state index contributed by atoms with van der Waals surface area (Å²) in [4.78, 5) is 24.4. The van der Waals surface area contributed by atoms with Gasteiger partial charge in [-0.1, -0.05) is 6.07 Å². The molecule has 0 radical (unpaired) electrons. The van der Waals surface area contributed by atoms with Crippen molar-refractivity contribution in [3.63, 3.8) is 0 Å². The van der Waals surface area contributed by atoms with E-state index in [1.54, 1.807) is 0 Å². The van der Waals surface area contributed by atoms with Gasteiger partial charge in [-0.15, -0.1) is 0 Å². The number of nitro groups is 1. The molecule has 6 heteroatoms. The third kappa shape index (κ3) is 2.08. The zero-order valence-electron chi connectivity index (χ0n) is 9.04. The molecule has 0 N–H and O–H groups in total. The van der Waals surface area contributed by atoms with Crippen molar-refractivity contribution in [2.45, 2.75) is 0 Å². The third-order valence-corrected chi connectivity index (χ3v) is 2.42. The summed E-state index contributed by atoms with van der Waals surface area (Å²) in [5, 5.41) is 10.9. The molecular weight excluding hydrogens is 239 g/mol. The number of rotatable bonds is 3. The number of hydrogen-bond donors (Lipinski definition) is 0. The number of carbonyl (C=O) groups is 1. The summed E-state index contributed by atoms with van der Waals surface area (Å²) in [7, 11) is 0. The van der Waals surface area contributed by atoms with Crippen LogP contribution in [-0.4, -0.2) is 16.2 Å². The molecule has 1 aromatic heterocycles. The molecule has 0 aliphatic rings. The normalized spacial score (nSPS) is 10.1. The van der Waals surface area contributed by atoms with Gasteiger partial charge < -0.3 is 0 Å². The van der Waals surface area contributed by atoms with Gasteiger partial charge in [0.05, 0.1) is 16.7 Å². The van der Waals surface area contributed by atoms with Crippen molar-refractivity contribution in [1.82, 2.24) is 4.98 Å². The summed E-state index contributed by atoms with van der Waals surface area (Å²) >= 11 is 0. The van der Waals surface area contributed by atoms with Gasteiger partial charge in [-0.3, -0.25) is 19.9 Å². The van der Waals surface area contributed by atoms with Gasteiger partial charge >= 0.3 is 0 Å². The number of halogens is 1. The molecule has 5 nitrogen and oxygen atoms in total. The van der Waals surface area contributed by atoms with Crippen LogP contribution in [0, 0.1) is 15.9 Å². The molecule has 0 fully saturated rings. The van der Waals surface area contributed by atoms with Gasteiger partial charge in [0.2, 0.25) is 0 Å². The van der Waals surface area contributed by atoms with Crippen LogP contribution in [0.3, 0.4) is 0 Å². The monoisotopic (exact) mass is 246 g/mol. The van der Waals surface area contributed by atoms with Gasteiger partial charge in [-0.05, 0) is 12.1 Å². The summed E-state index contributed by atoms with van der Waals surface area (Å²) in [6.07, 6.45) is 2.82. The van der Waals surface area contributed by atoms with E-state index in [0.717, 1.165) is 12.3 Å². The van der Waals surface area contributed by atoms with Gasteiger partial charge in [0, 0.05) is 23.4 Å². The Labute approximate surface area is 101 Å². The zero-order chi connectivity index (χ0) is 13.1. The van der Waals surface area contributed by atoms with Crippen LogP contribution in [0.4, 0.5) is 10.1 Å². The van der Waals surface area contributed by atoms with Gasteiger partial charge in [0.15, 0.2) is 0 Å². The first-order valence-corrected chi connectivity index (χ1v) is 4.97. The van der Waals surface area contributed by atoms with Gasteiger partial charge in [-0.2, -0.15) is 0 Å². The molecule has 0 bridgehead atoms. The Morgan fingerprint density at radius 1 is 1.28 bits per heavy atom. The fourth-order valence-electron chi connectivity index (χ4n) is 1.59. The van der Waals surface area contributed by atoms with Crippen LogP contribution in [0.2, 0.25) is 0 Å². The Morgan fingerprint density at radius 3 is 2.67 bits per heavy atom. The first kappa shape index (κ1) is 11.8. The maximum atomic E-state index is 13.5. The highest BCUT2D eigenvalue weighted by atomic mass is 19.1. The fourth-order valence-corrected chi connectivity index (χ4v) is 1.59. The molecule has 0 amide bonds. The quantitative estimate of drug-likeness (QED) is 0.474. The van der Waals surface area contributed by atoms with E-state index in [2.05, 4.69) is 4.98 Å². The fraction of sp³-hybridized carbons (Fsp3) is 0. The van der Waals surface area contributed by atoms with E-state index in [4.69, 9.17) is 0 Å². The number of pyridine rings is 1. The lowest BCUT2D eigenvalue weighted by molar-refractivity contribution is -0.384. The number of aromatic nitrogens is 1. The third-order valence-electron chi connectivity index (χ3n) is 2.42. The van der Waals surface area contributed by atoms with Crippen LogP contribution >= 0.6 is 0 Å². The van der Waals surface area contributed by atoms with E-state index >= 15 is 0 Å². The van der Waals surface area contributed by atoms with Crippen molar-refractivity contribution >= 4 is 12.0 Å². The number of carbonyl (C=O) groups excluding carboxylic acids is 1. The van der Waals surface area contributed by atoms with Gasteiger partial charge in [0.1, 0.15) is 12.1 Å². The highest BCUT2D eigenvalue weighted by Gasteiger charge is 2.18. The summed E-state index contributed by atoms with van der Waals surface area (Å²) < 4.78 is 13.5. The molecule has 0 aliphatic carbocycles. The average Bonchev–Trinajstić information content (AvgIpc) is 2.38. The molecule has 1 heterocycles. The van der Waals surface area contributed by atoms with Crippen LogP contribution in [0.1, 0.15) is 10.4 Å². The topological polar surface area (TPSA) is 73.1 Å². The van der Waals surface area contributed by atoms with Crippen molar-refractivity contribution in [3.8, 4) is 11.1 Å². The van der Waals surface area contributed by atoms with Crippen molar-refractivity contribution in [2.75, 3.05) is 0 Å². The minimum absolute atomic E-state index is 0.0779. The zero-order valence-corrected chi connectivity index (χ0v) is 9.04. The standard InChI is InChI=1S/C12H7FN2O3/c13-11-6-14-4-3-9(11)10-2-1-8(7-16)5-12(10)15(17)18/h1-7H. The molecular formula is C12H7FN2O3. The van der Waals surface area contributed by atoms with Crippen molar-refractivity contribution < 1.29 is 14.1 Å². The molecule has 0 unspecified atom stereocenters. The largest absolute Gasteiger partial charge is 0.298 e. The molecule has 0 spiro atoms. The first-order chi connectivity index (χ1) is 8.63. The van der Waals surface area contributed by atoms with Gasteiger partial charge in [0.25, 0.3) is 5.69 Å². The summed E-state index contributed by atoms with van der Waals surface area (Å²) in [6.45, 7) is 0. The molecule has 0 atom stereocenters. The van der Waals surface area contributed by atoms with E-state index in [1.165, 1.54) is 24.4 Å².